The van der Waals surface area contributed by atoms with Gasteiger partial charge in [-0.05, 0) is 66.4 Å². The predicted molar refractivity (Wildman–Crippen MR) is 124 cm³/mol. The number of hydrogen-bond acceptors (Lipinski definition) is 7. The number of amides is 2. The topological polar surface area (TPSA) is 91.8 Å². The van der Waals surface area contributed by atoms with Crippen molar-refractivity contribution >= 4 is 28.6 Å². The highest BCUT2D eigenvalue weighted by Crippen LogP contribution is 2.28. The fourth-order valence-corrected chi connectivity index (χ4v) is 4.40. The van der Waals surface area contributed by atoms with Gasteiger partial charge in [-0.1, -0.05) is 23.9 Å². The number of carbonyl (C=O) groups is 2. The fourth-order valence-electron chi connectivity index (χ4n) is 3.63. The fraction of sp³-hybridized carbons (Fsp3) is 0.208. The zero-order valence-electron chi connectivity index (χ0n) is 17.6. The van der Waals surface area contributed by atoms with Crippen LogP contribution in [0.25, 0.3) is 11.1 Å². The number of thioether (sulfide) groups is 1. The van der Waals surface area contributed by atoms with Gasteiger partial charge in [0.25, 0.3) is 5.24 Å². The maximum absolute atomic E-state index is 14.2. The number of pyridine rings is 1. The van der Waals surface area contributed by atoms with E-state index in [0.29, 0.717) is 35.4 Å². The Labute approximate surface area is 194 Å². The molecule has 1 saturated heterocycles. The number of nitrogens with one attached hydrogen (secondary N) is 1. The third-order valence-electron chi connectivity index (χ3n) is 5.37. The van der Waals surface area contributed by atoms with Gasteiger partial charge in [0.05, 0.1) is 17.5 Å². The van der Waals surface area contributed by atoms with Gasteiger partial charge in [-0.25, -0.2) is 4.39 Å². The van der Waals surface area contributed by atoms with Crippen LogP contribution in [0.4, 0.5) is 14.9 Å². The number of benzene rings is 2. The van der Waals surface area contributed by atoms with Gasteiger partial charge in [0.15, 0.2) is 0 Å². The molecule has 4 rings (SSSR count). The highest BCUT2D eigenvalue weighted by atomic mass is 32.2. The Morgan fingerprint density at radius 2 is 1.88 bits per heavy atom. The maximum Gasteiger partial charge on any atom is 0.289 e. The Morgan fingerprint density at radius 1 is 1.12 bits per heavy atom. The second-order valence-corrected chi connectivity index (χ2v) is 8.43. The zero-order valence-corrected chi connectivity index (χ0v) is 18.4. The van der Waals surface area contributed by atoms with Crippen molar-refractivity contribution in [3.63, 3.8) is 0 Å². The standard InChI is InChI=1S/C24H22FN3O4S/c25-22-8-4-18(27-31)13-21(22)17-2-6-20(7-3-17)32-14-19(28-23(29)15-33-24(28)30)5-1-16-9-11-26-12-10-16/h2-4,6-13,19,27,31H,1,5,14-15H2. The summed E-state index contributed by atoms with van der Waals surface area (Å²) in [7, 11) is 0. The molecule has 9 heteroatoms. The molecule has 1 fully saturated rings. The van der Waals surface area contributed by atoms with Crippen molar-refractivity contribution in [1.29, 1.82) is 0 Å². The van der Waals surface area contributed by atoms with Crippen LogP contribution in [-0.2, 0) is 11.2 Å². The van der Waals surface area contributed by atoms with Crippen LogP contribution in [0.2, 0.25) is 0 Å². The van der Waals surface area contributed by atoms with Crippen molar-refractivity contribution in [2.24, 2.45) is 0 Å². The molecule has 3 aromatic rings. The normalized spacial score (nSPS) is 14.4. The lowest BCUT2D eigenvalue weighted by Gasteiger charge is -2.25. The second-order valence-electron chi connectivity index (χ2n) is 7.51. The van der Waals surface area contributed by atoms with Crippen LogP contribution in [0.5, 0.6) is 5.75 Å². The maximum atomic E-state index is 14.2. The number of aromatic nitrogens is 1. The van der Waals surface area contributed by atoms with Gasteiger partial charge in [-0.15, -0.1) is 0 Å². The Kier molecular flexibility index (Phi) is 7.21. The summed E-state index contributed by atoms with van der Waals surface area (Å²) in [5.74, 6) is 0.0577. The predicted octanol–water partition coefficient (Wildman–Crippen LogP) is 4.76. The van der Waals surface area contributed by atoms with Crippen molar-refractivity contribution in [3.05, 3.63) is 78.4 Å². The minimum absolute atomic E-state index is 0.145. The number of nitrogens with zero attached hydrogens (tertiary/aromatic N) is 2. The van der Waals surface area contributed by atoms with E-state index < -0.39 is 11.9 Å². The number of anilines is 1. The smallest absolute Gasteiger partial charge is 0.289 e. The third-order valence-corrected chi connectivity index (χ3v) is 6.20. The van der Waals surface area contributed by atoms with E-state index in [-0.39, 0.29) is 23.5 Å². The van der Waals surface area contributed by atoms with Gasteiger partial charge in [0.2, 0.25) is 5.91 Å². The molecule has 0 saturated carbocycles. The van der Waals surface area contributed by atoms with Gasteiger partial charge in [-0.3, -0.25) is 30.2 Å². The van der Waals surface area contributed by atoms with E-state index in [0.717, 1.165) is 17.3 Å². The number of rotatable bonds is 9. The largest absolute Gasteiger partial charge is 0.491 e. The number of carbonyl (C=O) groups excluding carboxylic acids is 2. The van der Waals surface area contributed by atoms with E-state index in [4.69, 9.17) is 9.94 Å². The molecular formula is C24H22FN3O4S. The average molecular weight is 468 g/mol. The quantitative estimate of drug-likeness (QED) is 0.438. The van der Waals surface area contributed by atoms with Crippen LogP contribution < -0.4 is 10.2 Å². The van der Waals surface area contributed by atoms with Crippen LogP contribution >= 0.6 is 11.8 Å². The monoisotopic (exact) mass is 467 g/mol. The number of hydrogen-bond donors (Lipinski definition) is 2. The van der Waals surface area contributed by atoms with E-state index in [1.807, 2.05) is 17.6 Å². The van der Waals surface area contributed by atoms with Gasteiger partial charge >= 0.3 is 0 Å². The number of ether oxygens (including phenoxy) is 1. The van der Waals surface area contributed by atoms with E-state index in [1.165, 1.54) is 23.1 Å². The van der Waals surface area contributed by atoms with Crippen LogP contribution in [0.15, 0.2) is 67.0 Å². The number of imide groups is 1. The number of aryl methyl sites for hydroxylation is 1. The molecular weight excluding hydrogens is 445 g/mol. The summed E-state index contributed by atoms with van der Waals surface area (Å²) < 4.78 is 20.1. The lowest BCUT2D eigenvalue weighted by molar-refractivity contribution is -0.126. The molecule has 2 amide bonds. The first-order chi connectivity index (χ1) is 16.0. The van der Waals surface area contributed by atoms with Crippen LogP contribution in [-0.4, -0.2) is 44.6 Å². The van der Waals surface area contributed by atoms with Crippen LogP contribution in [0.1, 0.15) is 12.0 Å². The van der Waals surface area contributed by atoms with E-state index >= 15 is 0 Å². The first-order valence-electron chi connectivity index (χ1n) is 10.4. The summed E-state index contributed by atoms with van der Waals surface area (Å²) in [6, 6.07) is 14.4. The van der Waals surface area contributed by atoms with Crippen LogP contribution in [0, 0.1) is 5.82 Å². The van der Waals surface area contributed by atoms with Crippen molar-refractivity contribution in [2.45, 2.75) is 18.9 Å². The molecule has 1 atom stereocenters. The molecule has 1 aromatic heterocycles. The van der Waals surface area contributed by atoms with Crippen molar-refractivity contribution < 1.29 is 23.9 Å². The Hall–Kier alpha value is -3.43. The van der Waals surface area contributed by atoms with Crippen molar-refractivity contribution in [2.75, 3.05) is 17.8 Å². The number of halogens is 1. The molecule has 2 heterocycles. The second kappa shape index (κ2) is 10.5. The third kappa shape index (κ3) is 5.50. The molecule has 0 aliphatic carbocycles. The Morgan fingerprint density at radius 3 is 2.55 bits per heavy atom. The minimum Gasteiger partial charge on any atom is -0.491 e. The van der Waals surface area contributed by atoms with Crippen molar-refractivity contribution in [3.8, 4) is 16.9 Å². The average Bonchev–Trinajstić information content (AvgIpc) is 3.18. The molecule has 2 N–H and O–H groups in total. The van der Waals surface area contributed by atoms with Gasteiger partial charge in [-0.2, -0.15) is 0 Å². The molecule has 1 unspecified atom stereocenters. The highest BCUT2D eigenvalue weighted by Gasteiger charge is 2.36. The van der Waals surface area contributed by atoms with Crippen LogP contribution in [0.3, 0.4) is 0 Å². The Bertz CT molecular complexity index is 1110. The lowest BCUT2D eigenvalue weighted by Crippen LogP contribution is -2.43. The minimum atomic E-state index is -0.414. The van der Waals surface area contributed by atoms with E-state index in [9.17, 15) is 14.0 Å². The van der Waals surface area contributed by atoms with Crippen molar-refractivity contribution in [1.82, 2.24) is 9.88 Å². The first kappa shape index (κ1) is 22.8. The van der Waals surface area contributed by atoms with E-state index in [1.54, 1.807) is 36.7 Å². The lowest BCUT2D eigenvalue weighted by atomic mass is 10.0. The SMILES string of the molecule is O=C1CSC(=O)N1C(CCc1ccncc1)COc1ccc(-c2cc(NO)ccc2F)cc1. The molecule has 0 bridgehead atoms. The molecule has 1 aliphatic heterocycles. The molecule has 0 spiro atoms. The van der Waals surface area contributed by atoms with Gasteiger partial charge < -0.3 is 4.74 Å². The molecule has 33 heavy (non-hydrogen) atoms. The summed E-state index contributed by atoms with van der Waals surface area (Å²) in [6.45, 7) is 0.154. The highest BCUT2D eigenvalue weighted by molar-refractivity contribution is 8.14. The molecule has 2 aromatic carbocycles. The molecule has 170 valence electrons. The van der Waals surface area contributed by atoms with Gasteiger partial charge in [0.1, 0.15) is 18.2 Å². The summed E-state index contributed by atoms with van der Waals surface area (Å²) in [5.41, 5.74) is 4.40. The van der Waals surface area contributed by atoms with E-state index in [2.05, 4.69) is 4.98 Å². The summed E-state index contributed by atoms with van der Waals surface area (Å²) in [4.78, 5) is 29.9. The first-order valence-corrected chi connectivity index (χ1v) is 11.3. The Balaban J connectivity index is 1.46. The molecule has 7 nitrogen and oxygen atoms in total. The molecule has 1 aliphatic rings. The van der Waals surface area contributed by atoms with Gasteiger partial charge in [0, 0.05) is 18.0 Å². The zero-order chi connectivity index (χ0) is 23.2. The summed E-state index contributed by atoms with van der Waals surface area (Å²) >= 11 is 1.00. The summed E-state index contributed by atoms with van der Waals surface area (Å²) in [6.07, 6.45) is 4.65. The molecule has 0 radical (unpaired) electrons. The summed E-state index contributed by atoms with van der Waals surface area (Å²) in [5, 5.41) is 8.80.